The Hall–Kier alpha value is -7.31. The lowest BCUT2D eigenvalue weighted by molar-refractivity contribution is 1.18. The first kappa shape index (κ1) is 34.7. The highest BCUT2D eigenvalue weighted by atomic mass is 32.1. The number of nitrogens with zero attached hydrogens (tertiary/aromatic N) is 3. The van der Waals surface area contributed by atoms with Gasteiger partial charge in [-0.25, -0.2) is 9.97 Å². The highest BCUT2D eigenvalue weighted by Gasteiger charge is 2.16. The molecule has 3 nitrogen and oxygen atoms in total. The van der Waals surface area contributed by atoms with Gasteiger partial charge in [0.1, 0.15) is 0 Å². The van der Waals surface area contributed by atoms with Crippen LogP contribution in [0.2, 0.25) is 0 Å². The molecule has 0 aliphatic rings. The number of thiophene rings is 2. The molecule has 0 aliphatic carbocycles. The Bertz CT molecular complexity index is 3470. The molecule has 0 spiro atoms. The molecule has 0 unspecified atom stereocenters. The summed E-state index contributed by atoms with van der Waals surface area (Å²) >= 11 is 3.70. The van der Waals surface area contributed by atoms with Gasteiger partial charge in [-0.1, -0.05) is 121 Å². The van der Waals surface area contributed by atoms with Crippen LogP contribution in [0, 0.1) is 0 Å². The van der Waals surface area contributed by atoms with Crippen LogP contribution in [0.4, 0.5) is 0 Å². The van der Waals surface area contributed by atoms with Gasteiger partial charge in [0.2, 0.25) is 0 Å². The third-order valence-electron chi connectivity index (χ3n) is 11.6. The van der Waals surface area contributed by atoms with Gasteiger partial charge in [-0.15, -0.1) is 22.7 Å². The van der Waals surface area contributed by atoms with Crippen molar-refractivity contribution in [1.29, 1.82) is 0 Å². The topological polar surface area (TPSA) is 38.7 Å². The van der Waals surface area contributed by atoms with Crippen LogP contribution in [-0.4, -0.2) is 15.0 Å². The molecule has 0 fully saturated rings. The van der Waals surface area contributed by atoms with Crippen molar-refractivity contribution in [1.82, 2.24) is 15.0 Å². The molecule has 0 saturated heterocycles. The first-order valence-electron chi connectivity index (χ1n) is 20.1. The van der Waals surface area contributed by atoms with Crippen LogP contribution in [-0.2, 0) is 0 Å². The summed E-state index contributed by atoms with van der Waals surface area (Å²) < 4.78 is 5.20. The lowest BCUT2D eigenvalue weighted by atomic mass is 9.93. The van der Waals surface area contributed by atoms with Gasteiger partial charge in [0.15, 0.2) is 5.82 Å². The number of fused-ring (bicyclic) bond motifs is 7. The van der Waals surface area contributed by atoms with Crippen LogP contribution >= 0.6 is 22.7 Å². The van der Waals surface area contributed by atoms with Crippen molar-refractivity contribution >= 4 is 73.8 Å². The summed E-state index contributed by atoms with van der Waals surface area (Å²) in [7, 11) is 0. The van der Waals surface area contributed by atoms with Crippen molar-refractivity contribution in [3.8, 4) is 67.3 Å². The predicted octanol–water partition coefficient (Wildman–Crippen LogP) is 15.8. The molecule has 4 heterocycles. The predicted molar refractivity (Wildman–Crippen MR) is 256 cm³/mol. The maximum absolute atomic E-state index is 5.37. The Labute approximate surface area is 354 Å². The van der Waals surface area contributed by atoms with Crippen LogP contribution in [0.15, 0.2) is 200 Å². The zero-order valence-corrected chi connectivity index (χ0v) is 33.8. The maximum Gasteiger partial charge on any atom is 0.160 e. The standard InChI is InChI=1S/C55H33N3S2/c1-2-9-35(10-3-1)49-32-50(58-55(57-49)36-19-17-34(18-20-36)43-14-8-11-39-33-56-26-25-44(39)43)42-28-40(37-21-23-53-47(30-37)45-12-4-6-15-51(45)59-53)27-41(29-42)38-22-24-54-48(31-38)46-13-5-7-16-52(46)60-54/h1-33H. The quantitative estimate of drug-likeness (QED) is 0.168. The molecule has 0 saturated carbocycles. The van der Waals surface area contributed by atoms with E-state index < -0.39 is 0 Å². The van der Waals surface area contributed by atoms with Crippen molar-refractivity contribution in [2.75, 3.05) is 0 Å². The number of pyridine rings is 1. The summed E-state index contributed by atoms with van der Waals surface area (Å²) in [6.45, 7) is 0. The third-order valence-corrected chi connectivity index (χ3v) is 13.9. The van der Waals surface area contributed by atoms with E-state index in [0.717, 1.165) is 50.2 Å². The van der Waals surface area contributed by atoms with Crippen LogP contribution < -0.4 is 0 Å². The molecule has 280 valence electrons. The average molecular weight is 800 g/mol. The molecular formula is C55H33N3S2. The smallest absolute Gasteiger partial charge is 0.160 e. The lowest BCUT2D eigenvalue weighted by Crippen LogP contribution is -1.97. The summed E-state index contributed by atoms with van der Waals surface area (Å²) in [6, 6.07) is 67.9. The van der Waals surface area contributed by atoms with Crippen LogP contribution in [0.1, 0.15) is 0 Å². The highest BCUT2D eigenvalue weighted by molar-refractivity contribution is 7.26. The van der Waals surface area contributed by atoms with E-state index >= 15 is 0 Å². The minimum absolute atomic E-state index is 0.685. The van der Waals surface area contributed by atoms with Gasteiger partial charge in [0.25, 0.3) is 0 Å². The second kappa shape index (κ2) is 14.2. The van der Waals surface area contributed by atoms with Gasteiger partial charge in [-0.05, 0) is 105 Å². The second-order valence-electron chi connectivity index (χ2n) is 15.2. The Balaban J connectivity index is 1.04. The van der Waals surface area contributed by atoms with E-state index in [1.54, 1.807) is 0 Å². The van der Waals surface area contributed by atoms with Crippen molar-refractivity contribution in [3.63, 3.8) is 0 Å². The van der Waals surface area contributed by atoms with Crippen LogP contribution in [0.25, 0.3) is 118 Å². The number of benzene rings is 8. The number of hydrogen-bond donors (Lipinski definition) is 0. The molecule has 12 aromatic rings. The summed E-state index contributed by atoms with van der Waals surface area (Å²) in [4.78, 5) is 14.9. The number of rotatable bonds is 6. The van der Waals surface area contributed by atoms with E-state index in [-0.39, 0.29) is 0 Å². The zero-order valence-electron chi connectivity index (χ0n) is 32.2. The van der Waals surface area contributed by atoms with Crippen LogP contribution in [0.5, 0.6) is 0 Å². The average Bonchev–Trinajstić information content (AvgIpc) is 3.89. The molecule has 0 N–H and O–H groups in total. The molecule has 0 atom stereocenters. The van der Waals surface area contributed by atoms with Crippen molar-refractivity contribution in [3.05, 3.63) is 200 Å². The van der Waals surface area contributed by atoms with Gasteiger partial charge in [0, 0.05) is 74.8 Å². The molecule has 0 bridgehead atoms. The van der Waals surface area contributed by atoms with Crippen molar-refractivity contribution in [2.45, 2.75) is 0 Å². The van der Waals surface area contributed by atoms with Crippen molar-refractivity contribution in [2.24, 2.45) is 0 Å². The number of aromatic nitrogens is 3. The SMILES string of the molecule is c1ccc(-c2cc(-c3cc(-c4ccc5sc6ccccc6c5c4)cc(-c4ccc5sc6ccccc6c5c4)c3)nc(-c3ccc(-c4cccc5cnccc45)cc3)n2)cc1. The molecular weight excluding hydrogens is 767 g/mol. The fourth-order valence-electron chi connectivity index (χ4n) is 8.57. The third kappa shape index (κ3) is 6.06. The molecule has 8 aromatic carbocycles. The molecule has 0 radical (unpaired) electrons. The minimum atomic E-state index is 0.685. The Morgan fingerprint density at radius 2 is 0.867 bits per heavy atom. The van der Waals surface area contributed by atoms with Gasteiger partial charge >= 0.3 is 0 Å². The van der Waals surface area contributed by atoms with E-state index in [2.05, 4.69) is 187 Å². The highest BCUT2D eigenvalue weighted by Crippen LogP contribution is 2.41. The monoisotopic (exact) mass is 799 g/mol. The lowest BCUT2D eigenvalue weighted by Gasteiger charge is -2.14. The Morgan fingerprint density at radius 3 is 1.53 bits per heavy atom. The molecule has 0 aliphatic heterocycles. The zero-order chi connectivity index (χ0) is 39.6. The Morgan fingerprint density at radius 1 is 0.317 bits per heavy atom. The van der Waals surface area contributed by atoms with Gasteiger partial charge in [-0.2, -0.15) is 0 Å². The van der Waals surface area contributed by atoms with E-state index in [1.165, 1.54) is 62.4 Å². The molecule has 4 aromatic heterocycles. The first-order chi connectivity index (χ1) is 29.7. The van der Waals surface area contributed by atoms with Gasteiger partial charge in [-0.3, -0.25) is 4.98 Å². The molecule has 5 heteroatoms. The van der Waals surface area contributed by atoms with Crippen LogP contribution in [0.3, 0.4) is 0 Å². The minimum Gasteiger partial charge on any atom is -0.264 e. The fourth-order valence-corrected chi connectivity index (χ4v) is 10.7. The van der Waals surface area contributed by atoms with Crippen molar-refractivity contribution < 1.29 is 0 Å². The fraction of sp³-hybridized carbons (Fsp3) is 0. The molecule has 12 rings (SSSR count). The van der Waals surface area contributed by atoms with Gasteiger partial charge < -0.3 is 0 Å². The van der Waals surface area contributed by atoms with E-state index in [9.17, 15) is 0 Å². The largest absolute Gasteiger partial charge is 0.264 e. The summed E-state index contributed by atoms with van der Waals surface area (Å²) in [6.07, 6.45) is 3.78. The maximum atomic E-state index is 5.37. The normalized spacial score (nSPS) is 11.7. The summed E-state index contributed by atoms with van der Waals surface area (Å²) in [5, 5.41) is 7.45. The van der Waals surface area contributed by atoms with E-state index in [1.807, 2.05) is 41.1 Å². The molecule has 0 amide bonds. The summed E-state index contributed by atoms with van der Waals surface area (Å²) in [5.41, 5.74) is 11.7. The summed E-state index contributed by atoms with van der Waals surface area (Å²) in [5.74, 6) is 0.685. The second-order valence-corrected chi connectivity index (χ2v) is 17.4. The Kier molecular flexibility index (Phi) is 8.22. The number of hydrogen-bond acceptors (Lipinski definition) is 5. The van der Waals surface area contributed by atoms with Gasteiger partial charge in [0.05, 0.1) is 11.4 Å². The van der Waals surface area contributed by atoms with E-state index in [0.29, 0.717) is 5.82 Å². The molecule has 60 heavy (non-hydrogen) atoms. The van der Waals surface area contributed by atoms with E-state index in [4.69, 9.17) is 9.97 Å². The first-order valence-corrected chi connectivity index (χ1v) is 21.7.